The lowest BCUT2D eigenvalue weighted by molar-refractivity contribution is 0.0939. The van der Waals surface area contributed by atoms with Gasteiger partial charge in [-0.1, -0.05) is 48.0 Å². The summed E-state index contributed by atoms with van der Waals surface area (Å²) in [5.41, 5.74) is 2.09. The first-order valence-corrected chi connectivity index (χ1v) is 10.5. The minimum absolute atomic E-state index is 0.128. The summed E-state index contributed by atoms with van der Waals surface area (Å²) in [6.45, 7) is 3.83. The number of amides is 1. The van der Waals surface area contributed by atoms with E-state index in [2.05, 4.69) is 10.0 Å². The molecule has 0 unspecified atom stereocenters. The second-order valence-electron chi connectivity index (χ2n) is 6.72. The van der Waals surface area contributed by atoms with Crippen LogP contribution in [-0.2, 0) is 10.0 Å². The van der Waals surface area contributed by atoms with Crippen LogP contribution in [0.4, 0.5) is 10.1 Å². The molecule has 0 spiro atoms. The van der Waals surface area contributed by atoms with Crippen molar-refractivity contribution in [1.29, 1.82) is 0 Å². The van der Waals surface area contributed by atoms with Crippen molar-refractivity contribution >= 4 is 21.6 Å². The van der Waals surface area contributed by atoms with Gasteiger partial charge in [-0.05, 0) is 49.7 Å². The summed E-state index contributed by atoms with van der Waals surface area (Å²) >= 11 is 0. The van der Waals surface area contributed by atoms with Gasteiger partial charge >= 0.3 is 0 Å². The van der Waals surface area contributed by atoms with Gasteiger partial charge in [0.1, 0.15) is 5.82 Å². The molecule has 150 valence electrons. The van der Waals surface area contributed by atoms with Gasteiger partial charge in [-0.25, -0.2) is 12.8 Å². The van der Waals surface area contributed by atoms with E-state index in [1.54, 1.807) is 0 Å². The van der Waals surface area contributed by atoms with E-state index in [-0.39, 0.29) is 22.2 Å². The molecule has 5 nitrogen and oxygen atoms in total. The summed E-state index contributed by atoms with van der Waals surface area (Å²) in [5, 5.41) is 2.86. The van der Waals surface area contributed by atoms with Crippen molar-refractivity contribution in [1.82, 2.24) is 5.32 Å². The van der Waals surface area contributed by atoms with Crippen LogP contribution in [0.3, 0.4) is 0 Å². The Balaban J connectivity index is 1.78. The summed E-state index contributed by atoms with van der Waals surface area (Å²) in [6.07, 6.45) is 0. The molecule has 0 radical (unpaired) electrons. The molecule has 0 aliphatic heterocycles. The Hall–Kier alpha value is -3.19. The van der Waals surface area contributed by atoms with Crippen LogP contribution in [0, 0.1) is 12.7 Å². The van der Waals surface area contributed by atoms with Gasteiger partial charge in [-0.15, -0.1) is 0 Å². The Morgan fingerprint density at radius 1 is 0.966 bits per heavy atom. The smallest absolute Gasteiger partial charge is 0.262 e. The van der Waals surface area contributed by atoms with Gasteiger partial charge < -0.3 is 5.32 Å². The van der Waals surface area contributed by atoms with Crippen LogP contribution in [0.5, 0.6) is 0 Å². The maximum Gasteiger partial charge on any atom is 0.262 e. The van der Waals surface area contributed by atoms with Gasteiger partial charge in [0.05, 0.1) is 16.6 Å². The molecule has 2 N–H and O–H groups in total. The molecule has 0 heterocycles. The van der Waals surface area contributed by atoms with Crippen molar-refractivity contribution in [3.05, 3.63) is 95.3 Å². The first-order valence-electron chi connectivity index (χ1n) is 9.01. The summed E-state index contributed by atoms with van der Waals surface area (Å²) in [4.78, 5) is 12.5. The maximum absolute atomic E-state index is 13.8. The van der Waals surface area contributed by atoms with Crippen LogP contribution in [0.15, 0.2) is 77.7 Å². The molecule has 3 aromatic rings. The van der Waals surface area contributed by atoms with Crippen molar-refractivity contribution in [2.45, 2.75) is 24.8 Å². The lowest BCUT2D eigenvalue weighted by atomic mass is 10.1. The molecular formula is C22H21FN2O3S. The third kappa shape index (κ3) is 5.00. The minimum Gasteiger partial charge on any atom is -0.346 e. The predicted molar refractivity (Wildman–Crippen MR) is 111 cm³/mol. The quantitative estimate of drug-likeness (QED) is 0.629. The van der Waals surface area contributed by atoms with Gasteiger partial charge in [0.25, 0.3) is 15.9 Å². The van der Waals surface area contributed by atoms with Crippen LogP contribution >= 0.6 is 0 Å². The number of aryl methyl sites for hydroxylation is 1. The summed E-state index contributed by atoms with van der Waals surface area (Å²) in [7, 11) is -4.05. The molecule has 0 saturated carbocycles. The summed E-state index contributed by atoms with van der Waals surface area (Å²) in [6, 6.07) is 18.6. The Morgan fingerprint density at radius 3 is 2.34 bits per heavy atom. The van der Waals surface area contributed by atoms with Crippen molar-refractivity contribution < 1.29 is 17.6 Å². The van der Waals surface area contributed by atoms with Gasteiger partial charge in [0, 0.05) is 5.56 Å². The molecular weight excluding hydrogens is 391 g/mol. The third-order valence-corrected chi connectivity index (χ3v) is 5.81. The molecule has 29 heavy (non-hydrogen) atoms. The van der Waals surface area contributed by atoms with Crippen LogP contribution in [0.1, 0.15) is 34.5 Å². The fourth-order valence-corrected chi connectivity index (χ4v) is 3.88. The Kier molecular flexibility index (Phi) is 5.98. The fraction of sp³-hybridized carbons (Fsp3) is 0.136. The van der Waals surface area contributed by atoms with E-state index in [0.717, 1.165) is 17.2 Å². The Morgan fingerprint density at radius 2 is 1.66 bits per heavy atom. The van der Waals surface area contributed by atoms with Gasteiger partial charge in [-0.2, -0.15) is 0 Å². The monoisotopic (exact) mass is 412 g/mol. The standard InChI is InChI=1S/C22H21FN2O3S/c1-15-10-12-17(13-11-15)16(2)24-22(26)18-6-5-7-19(14-18)29(27,28)25-21-9-4-3-8-20(21)23/h3-14,16,25H,1-2H3,(H,24,26)/t16-/m0/s1. The van der Waals surface area contributed by atoms with E-state index < -0.39 is 21.7 Å². The maximum atomic E-state index is 13.8. The highest BCUT2D eigenvalue weighted by atomic mass is 32.2. The van der Waals surface area contributed by atoms with Crippen LogP contribution in [0.2, 0.25) is 0 Å². The van der Waals surface area contributed by atoms with Crippen molar-refractivity contribution in [2.75, 3.05) is 4.72 Å². The average molecular weight is 412 g/mol. The molecule has 1 amide bonds. The summed E-state index contributed by atoms with van der Waals surface area (Å²) < 4.78 is 41.2. The van der Waals surface area contributed by atoms with E-state index in [1.165, 1.54) is 42.5 Å². The normalized spacial score (nSPS) is 12.2. The SMILES string of the molecule is Cc1ccc([C@H](C)NC(=O)c2cccc(S(=O)(=O)Nc3ccccc3F)c2)cc1. The number of para-hydroxylation sites is 1. The molecule has 0 saturated heterocycles. The highest BCUT2D eigenvalue weighted by Gasteiger charge is 2.19. The zero-order valence-electron chi connectivity index (χ0n) is 16.0. The molecule has 0 aliphatic rings. The number of carbonyl (C=O) groups is 1. The van der Waals surface area contributed by atoms with E-state index >= 15 is 0 Å². The largest absolute Gasteiger partial charge is 0.346 e. The molecule has 0 aliphatic carbocycles. The fourth-order valence-electron chi connectivity index (χ4n) is 2.77. The van der Waals surface area contributed by atoms with Gasteiger partial charge in [-0.3, -0.25) is 9.52 Å². The topological polar surface area (TPSA) is 75.3 Å². The number of nitrogens with one attached hydrogen (secondary N) is 2. The Labute approximate surface area is 169 Å². The predicted octanol–water partition coefficient (Wildman–Crippen LogP) is 4.43. The molecule has 3 rings (SSSR count). The van der Waals surface area contributed by atoms with Crippen molar-refractivity contribution in [2.24, 2.45) is 0 Å². The van der Waals surface area contributed by atoms with Crippen molar-refractivity contribution in [3.8, 4) is 0 Å². The van der Waals surface area contributed by atoms with Crippen LogP contribution < -0.4 is 10.0 Å². The molecule has 7 heteroatoms. The summed E-state index contributed by atoms with van der Waals surface area (Å²) in [5.74, 6) is -1.09. The number of benzene rings is 3. The molecule has 3 aromatic carbocycles. The number of carbonyl (C=O) groups excluding carboxylic acids is 1. The molecule has 0 bridgehead atoms. The van der Waals surface area contributed by atoms with E-state index in [9.17, 15) is 17.6 Å². The molecule has 1 atom stereocenters. The van der Waals surface area contributed by atoms with E-state index in [4.69, 9.17) is 0 Å². The number of hydrogen-bond acceptors (Lipinski definition) is 3. The highest BCUT2D eigenvalue weighted by molar-refractivity contribution is 7.92. The molecule has 0 aromatic heterocycles. The zero-order chi connectivity index (χ0) is 21.0. The highest BCUT2D eigenvalue weighted by Crippen LogP contribution is 2.20. The lowest BCUT2D eigenvalue weighted by Crippen LogP contribution is -2.27. The average Bonchev–Trinajstić information content (AvgIpc) is 2.70. The van der Waals surface area contributed by atoms with Gasteiger partial charge in [0.15, 0.2) is 0 Å². The Bertz CT molecular complexity index is 1130. The third-order valence-electron chi connectivity index (χ3n) is 4.45. The van der Waals surface area contributed by atoms with Crippen molar-refractivity contribution in [3.63, 3.8) is 0 Å². The molecule has 0 fully saturated rings. The van der Waals surface area contributed by atoms with E-state index in [0.29, 0.717) is 0 Å². The second-order valence-corrected chi connectivity index (χ2v) is 8.40. The van der Waals surface area contributed by atoms with Gasteiger partial charge in [0.2, 0.25) is 0 Å². The first kappa shape index (κ1) is 20.5. The second kappa shape index (κ2) is 8.45. The number of rotatable bonds is 6. The van der Waals surface area contributed by atoms with Crippen LogP contribution in [-0.4, -0.2) is 14.3 Å². The number of hydrogen-bond donors (Lipinski definition) is 2. The lowest BCUT2D eigenvalue weighted by Gasteiger charge is -2.15. The first-order chi connectivity index (χ1) is 13.8. The van der Waals surface area contributed by atoms with Crippen LogP contribution in [0.25, 0.3) is 0 Å². The zero-order valence-corrected chi connectivity index (χ0v) is 16.8. The van der Waals surface area contributed by atoms with E-state index in [1.807, 2.05) is 38.1 Å². The number of sulfonamides is 1. The number of anilines is 1. The minimum atomic E-state index is -4.05. The number of halogens is 1.